The third-order valence-electron chi connectivity index (χ3n) is 3.75. The van der Waals surface area contributed by atoms with Crippen molar-refractivity contribution in [3.63, 3.8) is 0 Å². The number of nitrogens with zero attached hydrogens (tertiary/aromatic N) is 2. The van der Waals surface area contributed by atoms with E-state index in [0.717, 1.165) is 43.1 Å². The van der Waals surface area contributed by atoms with Gasteiger partial charge < -0.3 is 15.5 Å². The molecule has 2 N–H and O–H groups in total. The fourth-order valence-corrected chi connectivity index (χ4v) is 2.54. The van der Waals surface area contributed by atoms with Crippen LogP contribution in [0.4, 0.5) is 5.69 Å². The van der Waals surface area contributed by atoms with Crippen molar-refractivity contribution < 1.29 is 4.79 Å². The summed E-state index contributed by atoms with van der Waals surface area (Å²) in [6.07, 6.45) is 4.55. The highest BCUT2D eigenvalue weighted by Gasteiger charge is 2.19. The molecule has 1 aliphatic heterocycles. The quantitative estimate of drug-likeness (QED) is 0.482. The SMILES string of the molecule is C=CCNC(=NCc1ccc(N2CCCCC2=O)cc1)NCC. The summed E-state index contributed by atoms with van der Waals surface area (Å²) in [5.74, 6) is 1.01. The second-order valence-electron chi connectivity index (χ2n) is 5.53. The van der Waals surface area contributed by atoms with Crippen molar-refractivity contribution in [2.24, 2.45) is 4.99 Å². The molecule has 0 spiro atoms. The first kappa shape index (κ1) is 17.1. The number of amides is 1. The fraction of sp³-hybridized carbons (Fsp3) is 0.444. The van der Waals surface area contributed by atoms with Gasteiger partial charge in [0, 0.05) is 31.7 Å². The zero-order chi connectivity index (χ0) is 16.5. The van der Waals surface area contributed by atoms with Crippen molar-refractivity contribution in [2.45, 2.75) is 32.7 Å². The van der Waals surface area contributed by atoms with Gasteiger partial charge >= 0.3 is 0 Å². The molecule has 5 heteroatoms. The van der Waals surface area contributed by atoms with Crippen LogP contribution >= 0.6 is 0 Å². The van der Waals surface area contributed by atoms with Crippen LogP contribution in [0.2, 0.25) is 0 Å². The van der Waals surface area contributed by atoms with Gasteiger partial charge in [-0.15, -0.1) is 6.58 Å². The van der Waals surface area contributed by atoms with Crippen LogP contribution in [-0.2, 0) is 11.3 Å². The number of aliphatic imine (C=N–C) groups is 1. The first-order chi connectivity index (χ1) is 11.2. The minimum atomic E-state index is 0.227. The van der Waals surface area contributed by atoms with Gasteiger partial charge in [-0.05, 0) is 37.5 Å². The lowest BCUT2D eigenvalue weighted by molar-refractivity contribution is -0.119. The number of rotatable bonds is 6. The number of hydrogen-bond acceptors (Lipinski definition) is 2. The highest BCUT2D eigenvalue weighted by atomic mass is 16.2. The zero-order valence-electron chi connectivity index (χ0n) is 13.8. The third kappa shape index (κ3) is 5.13. The monoisotopic (exact) mass is 314 g/mol. The van der Waals surface area contributed by atoms with Crippen LogP contribution in [0.5, 0.6) is 0 Å². The summed E-state index contributed by atoms with van der Waals surface area (Å²) in [4.78, 5) is 18.4. The van der Waals surface area contributed by atoms with E-state index >= 15 is 0 Å². The van der Waals surface area contributed by atoms with Crippen molar-refractivity contribution in [1.82, 2.24) is 10.6 Å². The van der Waals surface area contributed by atoms with Crippen LogP contribution in [0.15, 0.2) is 41.9 Å². The Morgan fingerprint density at radius 1 is 1.30 bits per heavy atom. The van der Waals surface area contributed by atoms with Crippen molar-refractivity contribution in [1.29, 1.82) is 0 Å². The maximum atomic E-state index is 11.9. The van der Waals surface area contributed by atoms with E-state index in [0.29, 0.717) is 19.5 Å². The van der Waals surface area contributed by atoms with Gasteiger partial charge in [-0.25, -0.2) is 4.99 Å². The van der Waals surface area contributed by atoms with Gasteiger partial charge in [0.25, 0.3) is 0 Å². The first-order valence-corrected chi connectivity index (χ1v) is 8.27. The molecular formula is C18H26N4O. The van der Waals surface area contributed by atoms with Gasteiger partial charge in [0.05, 0.1) is 6.54 Å². The van der Waals surface area contributed by atoms with Crippen molar-refractivity contribution in [3.05, 3.63) is 42.5 Å². The van der Waals surface area contributed by atoms with Crippen LogP contribution in [0.3, 0.4) is 0 Å². The van der Waals surface area contributed by atoms with Crippen LogP contribution in [0.25, 0.3) is 0 Å². The number of piperidine rings is 1. The van der Waals surface area contributed by atoms with E-state index in [1.54, 1.807) is 6.08 Å². The Morgan fingerprint density at radius 2 is 2.09 bits per heavy atom. The molecule has 1 saturated heterocycles. The van der Waals surface area contributed by atoms with E-state index < -0.39 is 0 Å². The molecule has 124 valence electrons. The Bertz CT molecular complexity index is 551. The van der Waals surface area contributed by atoms with Gasteiger partial charge in [-0.2, -0.15) is 0 Å². The number of anilines is 1. The second-order valence-corrected chi connectivity index (χ2v) is 5.53. The summed E-state index contributed by atoms with van der Waals surface area (Å²) < 4.78 is 0. The molecule has 0 bridgehead atoms. The molecule has 1 aromatic rings. The minimum Gasteiger partial charge on any atom is -0.357 e. The summed E-state index contributed by atoms with van der Waals surface area (Å²) in [6, 6.07) is 8.10. The molecule has 0 aliphatic carbocycles. The van der Waals surface area contributed by atoms with E-state index in [2.05, 4.69) is 22.2 Å². The summed E-state index contributed by atoms with van der Waals surface area (Å²) in [5.41, 5.74) is 2.10. The number of carbonyl (C=O) groups is 1. The predicted octanol–water partition coefficient (Wildman–Crippen LogP) is 2.44. The van der Waals surface area contributed by atoms with E-state index in [4.69, 9.17) is 0 Å². The summed E-state index contributed by atoms with van der Waals surface area (Å²) >= 11 is 0. The average Bonchev–Trinajstić information content (AvgIpc) is 2.58. The number of benzene rings is 1. The van der Waals surface area contributed by atoms with Crippen molar-refractivity contribution in [3.8, 4) is 0 Å². The second kappa shape index (κ2) is 8.98. The molecule has 0 saturated carbocycles. The molecule has 0 unspecified atom stereocenters. The molecule has 1 aromatic carbocycles. The smallest absolute Gasteiger partial charge is 0.226 e. The lowest BCUT2D eigenvalue weighted by Gasteiger charge is -2.26. The van der Waals surface area contributed by atoms with Gasteiger partial charge in [0.15, 0.2) is 5.96 Å². The Kier molecular flexibility index (Phi) is 6.66. The number of hydrogen-bond donors (Lipinski definition) is 2. The van der Waals surface area contributed by atoms with Crippen LogP contribution in [0, 0.1) is 0 Å². The van der Waals surface area contributed by atoms with E-state index in [9.17, 15) is 4.79 Å². The summed E-state index contributed by atoms with van der Waals surface area (Å²) in [7, 11) is 0. The van der Waals surface area contributed by atoms with Gasteiger partial charge in [0.1, 0.15) is 0 Å². The lowest BCUT2D eigenvalue weighted by Crippen LogP contribution is -2.37. The molecular weight excluding hydrogens is 288 g/mol. The normalized spacial score (nSPS) is 15.4. The predicted molar refractivity (Wildman–Crippen MR) is 95.7 cm³/mol. The highest BCUT2D eigenvalue weighted by Crippen LogP contribution is 2.21. The topological polar surface area (TPSA) is 56.7 Å². The fourth-order valence-electron chi connectivity index (χ4n) is 2.54. The van der Waals surface area contributed by atoms with Crippen molar-refractivity contribution in [2.75, 3.05) is 24.5 Å². The van der Waals surface area contributed by atoms with Gasteiger partial charge in [-0.1, -0.05) is 18.2 Å². The number of nitrogens with one attached hydrogen (secondary N) is 2. The Morgan fingerprint density at radius 3 is 2.74 bits per heavy atom. The van der Waals surface area contributed by atoms with E-state index in [1.807, 2.05) is 36.1 Å². The lowest BCUT2D eigenvalue weighted by atomic mass is 10.1. The van der Waals surface area contributed by atoms with Crippen LogP contribution < -0.4 is 15.5 Å². The van der Waals surface area contributed by atoms with Gasteiger partial charge in [0.2, 0.25) is 5.91 Å². The molecule has 23 heavy (non-hydrogen) atoms. The summed E-state index contributed by atoms with van der Waals surface area (Å²) in [6.45, 7) is 8.66. The molecule has 2 rings (SSSR count). The Labute approximate surface area is 138 Å². The highest BCUT2D eigenvalue weighted by molar-refractivity contribution is 5.93. The standard InChI is InChI=1S/C18H26N4O/c1-3-12-20-18(19-4-2)21-14-15-8-10-16(11-9-15)22-13-6-5-7-17(22)23/h3,8-11H,1,4-7,12-14H2,2H3,(H2,19,20,21). The molecule has 0 aromatic heterocycles. The maximum Gasteiger partial charge on any atom is 0.226 e. The summed E-state index contributed by atoms with van der Waals surface area (Å²) in [5, 5.41) is 6.37. The average molecular weight is 314 g/mol. The number of guanidine groups is 1. The first-order valence-electron chi connectivity index (χ1n) is 8.27. The Hall–Kier alpha value is -2.30. The zero-order valence-corrected chi connectivity index (χ0v) is 13.8. The molecule has 1 amide bonds. The Balaban J connectivity index is 1.98. The largest absolute Gasteiger partial charge is 0.357 e. The van der Waals surface area contributed by atoms with Crippen LogP contribution in [-0.4, -0.2) is 31.5 Å². The molecule has 1 aliphatic rings. The molecule has 0 atom stereocenters. The maximum absolute atomic E-state index is 11.9. The number of carbonyl (C=O) groups excluding carboxylic acids is 1. The minimum absolute atomic E-state index is 0.227. The molecule has 1 fully saturated rings. The van der Waals surface area contributed by atoms with E-state index in [1.165, 1.54) is 0 Å². The van der Waals surface area contributed by atoms with E-state index in [-0.39, 0.29) is 5.91 Å². The van der Waals surface area contributed by atoms with Crippen LogP contribution in [0.1, 0.15) is 31.7 Å². The molecule has 5 nitrogen and oxygen atoms in total. The molecule has 0 radical (unpaired) electrons. The molecule has 1 heterocycles. The van der Waals surface area contributed by atoms with Crippen molar-refractivity contribution >= 4 is 17.6 Å². The van der Waals surface area contributed by atoms with Gasteiger partial charge in [-0.3, -0.25) is 4.79 Å². The third-order valence-corrected chi connectivity index (χ3v) is 3.75.